The minimum atomic E-state index is -0.677. The van der Waals surface area contributed by atoms with Crippen molar-refractivity contribution < 1.29 is 9.90 Å². The maximum Gasteiger partial charge on any atom is 0.303 e. The number of allylic oxidation sites excluding steroid dienone is 7. The molecule has 0 aromatic heterocycles. The van der Waals surface area contributed by atoms with Crippen LogP contribution in [0.25, 0.3) is 0 Å². The molecule has 0 aromatic rings. The first-order valence-corrected chi connectivity index (χ1v) is 8.96. The van der Waals surface area contributed by atoms with Crippen molar-refractivity contribution in [1.29, 1.82) is 0 Å². The molecule has 0 spiro atoms. The maximum atomic E-state index is 10.3. The number of carboxylic acids is 1. The Labute approximate surface area is 143 Å². The van der Waals surface area contributed by atoms with Gasteiger partial charge in [0.2, 0.25) is 0 Å². The van der Waals surface area contributed by atoms with E-state index in [0.717, 1.165) is 25.7 Å². The number of aliphatic carboxylic acids is 1. The van der Waals surface area contributed by atoms with Crippen LogP contribution < -0.4 is 0 Å². The summed E-state index contributed by atoms with van der Waals surface area (Å²) in [5.74, 6) is -0.677. The standard InChI is InChI=1S/C18H30O2.C3H6/c1-2-3-4-5-6-7-8-9-10-11-12-13-14-15-16-17-18(19)20;1-3-2/h5-10H,2-4,11-17H2,1H3,(H,19,20);3H,1H2,2H3. The Bertz CT molecular complexity index is 338. The molecule has 0 amide bonds. The second-order valence-corrected chi connectivity index (χ2v) is 5.49. The summed E-state index contributed by atoms with van der Waals surface area (Å²) in [6.07, 6.45) is 25.1. The van der Waals surface area contributed by atoms with Crippen LogP contribution in [0.2, 0.25) is 0 Å². The zero-order valence-corrected chi connectivity index (χ0v) is 15.2. The van der Waals surface area contributed by atoms with Crippen LogP contribution in [0.3, 0.4) is 0 Å². The van der Waals surface area contributed by atoms with E-state index >= 15 is 0 Å². The molecule has 2 heteroatoms. The van der Waals surface area contributed by atoms with Gasteiger partial charge in [-0.3, -0.25) is 4.79 Å². The van der Waals surface area contributed by atoms with Crippen LogP contribution >= 0.6 is 0 Å². The highest BCUT2D eigenvalue weighted by Crippen LogP contribution is 2.07. The maximum absolute atomic E-state index is 10.3. The molecule has 0 atom stereocenters. The van der Waals surface area contributed by atoms with Crippen LogP contribution in [0.1, 0.15) is 78.1 Å². The van der Waals surface area contributed by atoms with Gasteiger partial charge in [-0.1, -0.05) is 81.6 Å². The Kier molecular flexibility index (Phi) is 23.4. The van der Waals surface area contributed by atoms with E-state index in [9.17, 15) is 4.79 Å². The topological polar surface area (TPSA) is 37.3 Å². The average molecular weight is 321 g/mol. The van der Waals surface area contributed by atoms with Gasteiger partial charge in [-0.05, 0) is 32.6 Å². The molecule has 0 aliphatic rings. The Morgan fingerprint density at radius 2 is 1.35 bits per heavy atom. The summed E-state index contributed by atoms with van der Waals surface area (Å²) in [5.41, 5.74) is 0. The van der Waals surface area contributed by atoms with E-state index in [1.54, 1.807) is 6.08 Å². The van der Waals surface area contributed by atoms with Gasteiger partial charge in [-0.25, -0.2) is 0 Å². The summed E-state index contributed by atoms with van der Waals surface area (Å²) in [5, 5.41) is 8.50. The molecule has 132 valence electrons. The lowest BCUT2D eigenvalue weighted by atomic mass is 10.1. The third-order valence-corrected chi connectivity index (χ3v) is 3.09. The average Bonchev–Trinajstić information content (AvgIpc) is 2.51. The second-order valence-electron chi connectivity index (χ2n) is 5.49. The Morgan fingerprint density at radius 1 is 0.870 bits per heavy atom. The van der Waals surface area contributed by atoms with Gasteiger partial charge in [-0.15, -0.1) is 6.58 Å². The molecule has 0 fully saturated rings. The summed E-state index contributed by atoms with van der Waals surface area (Å²) >= 11 is 0. The molecule has 0 aliphatic carbocycles. The van der Waals surface area contributed by atoms with E-state index in [-0.39, 0.29) is 0 Å². The molecule has 0 unspecified atom stereocenters. The summed E-state index contributed by atoms with van der Waals surface area (Å²) in [6, 6.07) is 0. The van der Waals surface area contributed by atoms with E-state index in [2.05, 4.69) is 50.0 Å². The Hall–Kier alpha value is -1.57. The fourth-order valence-electron chi connectivity index (χ4n) is 1.87. The van der Waals surface area contributed by atoms with Crippen molar-refractivity contribution in [2.45, 2.75) is 78.1 Å². The molecule has 2 nitrogen and oxygen atoms in total. The van der Waals surface area contributed by atoms with Gasteiger partial charge in [0, 0.05) is 6.42 Å². The van der Waals surface area contributed by atoms with E-state index in [1.807, 2.05) is 6.92 Å². The van der Waals surface area contributed by atoms with Crippen LogP contribution in [-0.2, 0) is 4.79 Å². The molecule has 0 saturated carbocycles. The zero-order chi connectivity index (χ0) is 17.6. The summed E-state index contributed by atoms with van der Waals surface area (Å²) in [7, 11) is 0. The minimum Gasteiger partial charge on any atom is -0.481 e. The smallest absolute Gasteiger partial charge is 0.303 e. The molecule has 0 aromatic carbocycles. The molecule has 1 N–H and O–H groups in total. The lowest BCUT2D eigenvalue weighted by Crippen LogP contribution is -1.93. The van der Waals surface area contributed by atoms with E-state index in [1.165, 1.54) is 32.1 Å². The fourth-order valence-corrected chi connectivity index (χ4v) is 1.87. The Balaban J connectivity index is 0. The van der Waals surface area contributed by atoms with Crippen molar-refractivity contribution in [2.24, 2.45) is 0 Å². The van der Waals surface area contributed by atoms with Gasteiger partial charge >= 0.3 is 5.97 Å². The van der Waals surface area contributed by atoms with Gasteiger partial charge in [0.1, 0.15) is 0 Å². The van der Waals surface area contributed by atoms with Gasteiger partial charge < -0.3 is 5.11 Å². The van der Waals surface area contributed by atoms with Gasteiger partial charge in [0.05, 0.1) is 0 Å². The summed E-state index contributed by atoms with van der Waals surface area (Å²) in [4.78, 5) is 10.3. The number of hydrogen-bond donors (Lipinski definition) is 1. The van der Waals surface area contributed by atoms with Crippen molar-refractivity contribution >= 4 is 5.97 Å². The van der Waals surface area contributed by atoms with Crippen LogP contribution in [0.4, 0.5) is 0 Å². The first-order chi connectivity index (χ1) is 11.2. The van der Waals surface area contributed by atoms with Crippen LogP contribution in [0.15, 0.2) is 49.1 Å². The van der Waals surface area contributed by atoms with Gasteiger partial charge in [-0.2, -0.15) is 0 Å². The molecular formula is C21H36O2. The number of hydrogen-bond acceptors (Lipinski definition) is 1. The molecule has 0 aliphatic heterocycles. The predicted molar refractivity (Wildman–Crippen MR) is 103 cm³/mol. The number of carbonyl (C=O) groups is 1. The number of unbranched alkanes of at least 4 members (excludes halogenated alkanes) is 7. The summed E-state index contributed by atoms with van der Waals surface area (Å²) in [6.45, 7) is 7.46. The summed E-state index contributed by atoms with van der Waals surface area (Å²) < 4.78 is 0. The first-order valence-electron chi connectivity index (χ1n) is 8.96. The predicted octanol–water partition coefficient (Wildman–Crippen LogP) is 6.85. The highest BCUT2D eigenvalue weighted by atomic mass is 16.4. The van der Waals surface area contributed by atoms with Crippen LogP contribution in [0, 0.1) is 0 Å². The molecule has 0 radical (unpaired) electrons. The third kappa shape index (κ3) is 29.1. The normalized spacial score (nSPS) is 11.0. The second kappa shape index (κ2) is 22.7. The zero-order valence-electron chi connectivity index (χ0n) is 15.2. The van der Waals surface area contributed by atoms with E-state index in [0.29, 0.717) is 6.42 Å². The number of rotatable bonds is 13. The Morgan fingerprint density at radius 3 is 1.87 bits per heavy atom. The molecule has 0 heterocycles. The number of carboxylic acid groups (broad SMARTS) is 1. The molecule has 0 bridgehead atoms. The van der Waals surface area contributed by atoms with Crippen molar-refractivity contribution in [3.8, 4) is 0 Å². The molecule has 0 saturated heterocycles. The highest BCUT2D eigenvalue weighted by molar-refractivity contribution is 5.66. The van der Waals surface area contributed by atoms with Crippen LogP contribution in [-0.4, -0.2) is 11.1 Å². The molecule has 0 rings (SSSR count). The molecule has 23 heavy (non-hydrogen) atoms. The third-order valence-electron chi connectivity index (χ3n) is 3.09. The van der Waals surface area contributed by atoms with E-state index in [4.69, 9.17) is 5.11 Å². The lowest BCUT2D eigenvalue weighted by molar-refractivity contribution is -0.137. The van der Waals surface area contributed by atoms with Crippen molar-refractivity contribution in [1.82, 2.24) is 0 Å². The van der Waals surface area contributed by atoms with Crippen molar-refractivity contribution in [3.05, 3.63) is 49.1 Å². The SMILES string of the molecule is C=CC.CCCCC=CC=CC=CCCCCCCCC(=O)O. The first kappa shape index (κ1) is 23.7. The van der Waals surface area contributed by atoms with Crippen molar-refractivity contribution in [3.63, 3.8) is 0 Å². The van der Waals surface area contributed by atoms with Crippen LogP contribution in [0.5, 0.6) is 0 Å². The van der Waals surface area contributed by atoms with Crippen molar-refractivity contribution in [2.75, 3.05) is 0 Å². The quantitative estimate of drug-likeness (QED) is 0.229. The monoisotopic (exact) mass is 320 g/mol. The minimum absolute atomic E-state index is 0.316. The van der Waals surface area contributed by atoms with E-state index < -0.39 is 5.97 Å². The van der Waals surface area contributed by atoms with Gasteiger partial charge in [0.25, 0.3) is 0 Å². The largest absolute Gasteiger partial charge is 0.481 e. The van der Waals surface area contributed by atoms with Gasteiger partial charge in [0.15, 0.2) is 0 Å². The lowest BCUT2D eigenvalue weighted by Gasteiger charge is -1.97. The fraction of sp³-hybridized carbons (Fsp3) is 0.571. The highest BCUT2D eigenvalue weighted by Gasteiger charge is 1.95. The molecular weight excluding hydrogens is 284 g/mol.